The number of alkyl halides is 3. The first-order valence-corrected chi connectivity index (χ1v) is 11.4. The molecule has 7 heteroatoms. The van der Waals surface area contributed by atoms with E-state index in [1.807, 2.05) is 37.3 Å². The van der Waals surface area contributed by atoms with E-state index in [9.17, 15) is 18.0 Å². The van der Waals surface area contributed by atoms with Gasteiger partial charge in [-0.15, -0.1) is 0 Å². The molecule has 0 radical (unpaired) electrons. The summed E-state index contributed by atoms with van der Waals surface area (Å²) in [4.78, 5) is 16.6. The van der Waals surface area contributed by atoms with Crippen LogP contribution in [0.15, 0.2) is 60.7 Å². The Labute approximate surface area is 191 Å². The molecule has 1 fully saturated rings. The molecule has 0 bridgehead atoms. The zero-order valence-electron chi connectivity index (χ0n) is 18.5. The van der Waals surface area contributed by atoms with Gasteiger partial charge >= 0.3 is 6.18 Å². The Morgan fingerprint density at radius 1 is 1.00 bits per heavy atom. The Kier molecular flexibility index (Phi) is 6.86. The molecule has 1 aromatic heterocycles. The second-order valence-electron chi connectivity index (χ2n) is 8.64. The summed E-state index contributed by atoms with van der Waals surface area (Å²) >= 11 is 0. The Hall–Kier alpha value is -3.09. The average Bonchev–Trinajstić information content (AvgIpc) is 2.81. The maximum Gasteiger partial charge on any atom is 0.433 e. The molecule has 1 aliphatic rings. The van der Waals surface area contributed by atoms with Crippen LogP contribution >= 0.6 is 0 Å². The van der Waals surface area contributed by atoms with Crippen molar-refractivity contribution in [2.24, 2.45) is 0 Å². The molecule has 1 amide bonds. The second-order valence-corrected chi connectivity index (χ2v) is 8.64. The van der Waals surface area contributed by atoms with Crippen molar-refractivity contribution in [3.8, 4) is 0 Å². The van der Waals surface area contributed by atoms with Gasteiger partial charge < -0.3 is 10.6 Å². The van der Waals surface area contributed by atoms with Gasteiger partial charge in [0.25, 0.3) is 0 Å². The smallest absolute Gasteiger partial charge is 0.382 e. The van der Waals surface area contributed by atoms with E-state index in [4.69, 9.17) is 0 Å². The molecule has 1 aliphatic carbocycles. The van der Waals surface area contributed by atoms with Crippen LogP contribution in [-0.4, -0.2) is 23.0 Å². The summed E-state index contributed by atoms with van der Waals surface area (Å²) in [6.07, 6.45) is -0.677. The third-order valence-electron chi connectivity index (χ3n) is 6.37. The van der Waals surface area contributed by atoms with Crippen LogP contribution in [0.3, 0.4) is 0 Å². The number of anilines is 1. The van der Waals surface area contributed by atoms with E-state index >= 15 is 0 Å². The molecular formula is C26H28F3N3O. The van der Waals surface area contributed by atoms with Gasteiger partial charge in [0, 0.05) is 23.2 Å². The molecule has 2 aromatic carbocycles. The summed E-state index contributed by atoms with van der Waals surface area (Å²) in [5, 5.41) is 7.18. The third kappa shape index (κ3) is 5.46. The number of carbonyl (C=O) groups is 1. The number of hydrogen-bond donors (Lipinski definition) is 2. The Balaban J connectivity index is 1.40. The number of para-hydroxylation sites is 1. The minimum Gasteiger partial charge on any atom is -0.382 e. The number of nitrogens with zero attached hydrogens (tertiary/aromatic N) is 1. The summed E-state index contributed by atoms with van der Waals surface area (Å²) in [5.41, 5.74) is 0.895. The Bertz CT molecular complexity index is 1090. The van der Waals surface area contributed by atoms with Gasteiger partial charge in [-0.3, -0.25) is 4.79 Å². The lowest BCUT2D eigenvalue weighted by Crippen LogP contribution is -2.42. The third-order valence-corrected chi connectivity index (χ3v) is 6.37. The fraction of sp³-hybridized carbons (Fsp3) is 0.385. The van der Waals surface area contributed by atoms with Crippen molar-refractivity contribution >= 4 is 22.5 Å². The first kappa shape index (κ1) is 23.1. The molecule has 174 valence electrons. The standard InChI is InChI=1S/C26H28F3N3O/c1-2-20(17-8-4-3-5-9-17)25(33)31-19-14-12-18(13-15-19)30-23-16-24(26(27,28)29)32-22-11-7-6-10-21(22)23/h3-11,16,18-20H,2,12-15H2,1H3,(H,30,32)(H,31,33)/t18-,19+,20?. The number of amides is 1. The molecule has 1 unspecified atom stereocenters. The highest BCUT2D eigenvalue weighted by atomic mass is 19.4. The summed E-state index contributed by atoms with van der Waals surface area (Å²) in [6, 6.07) is 17.8. The Morgan fingerprint density at radius 3 is 2.30 bits per heavy atom. The lowest BCUT2D eigenvalue weighted by atomic mass is 9.89. The summed E-state index contributed by atoms with van der Waals surface area (Å²) < 4.78 is 40.0. The summed E-state index contributed by atoms with van der Waals surface area (Å²) in [5.74, 6) is -0.138. The number of benzene rings is 2. The van der Waals surface area contributed by atoms with Crippen molar-refractivity contribution in [2.75, 3.05) is 5.32 Å². The molecule has 2 N–H and O–H groups in total. The molecule has 1 atom stereocenters. The topological polar surface area (TPSA) is 54.0 Å². The average molecular weight is 456 g/mol. The number of pyridine rings is 1. The van der Waals surface area contributed by atoms with Crippen LogP contribution in [0.2, 0.25) is 0 Å². The van der Waals surface area contributed by atoms with Crippen LogP contribution in [0, 0.1) is 0 Å². The Morgan fingerprint density at radius 2 is 1.64 bits per heavy atom. The molecule has 0 spiro atoms. The van der Waals surface area contributed by atoms with Crippen molar-refractivity contribution in [3.63, 3.8) is 0 Å². The highest BCUT2D eigenvalue weighted by Gasteiger charge is 2.34. The van der Waals surface area contributed by atoms with E-state index in [0.717, 1.165) is 43.7 Å². The van der Waals surface area contributed by atoms with E-state index < -0.39 is 11.9 Å². The first-order chi connectivity index (χ1) is 15.8. The maximum absolute atomic E-state index is 13.3. The normalized spacial score (nSPS) is 19.8. The quantitative estimate of drug-likeness (QED) is 0.460. The number of aromatic nitrogens is 1. The van der Waals surface area contributed by atoms with Gasteiger partial charge in [-0.05, 0) is 49.8 Å². The predicted molar refractivity (Wildman–Crippen MR) is 124 cm³/mol. The van der Waals surface area contributed by atoms with Crippen LogP contribution in [0.25, 0.3) is 10.9 Å². The number of rotatable bonds is 6. The molecule has 1 heterocycles. The predicted octanol–water partition coefficient (Wildman–Crippen LogP) is 6.29. The van der Waals surface area contributed by atoms with Gasteiger partial charge in [-0.2, -0.15) is 13.2 Å². The highest BCUT2D eigenvalue weighted by molar-refractivity contribution is 5.91. The minimum atomic E-state index is -4.50. The molecule has 0 saturated heterocycles. The molecule has 0 aliphatic heterocycles. The summed E-state index contributed by atoms with van der Waals surface area (Å²) in [6.45, 7) is 2.01. The van der Waals surface area contributed by atoms with Crippen LogP contribution in [0.5, 0.6) is 0 Å². The van der Waals surface area contributed by atoms with Gasteiger partial charge in [0.05, 0.1) is 11.4 Å². The minimum absolute atomic E-state index is 0.0371. The van der Waals surface area contributed by atoms with Crippen molar-refractivity contribution < 1.29 is 18.0 Å². The molecular weight excluding hydrogens is 427 g/mol. The van der Waals surface area contributed by atoms with Crippen molar-refractivity contribution in [1.29, 1.82) is 0 Å². The SMILES string of the molecule is CCC(C(=O)N[C@H]1CC[C@@H](Nc2cc(C(F)(F)F)nc3ccccc23)CC1)c1ccccc1. The maximum atomic E-state index is 13.3. The van der Waals surface area contributed by atoms with E-state index in [0.29, 0.717) is 16.6 Å². The van der Waals surface area contributed by atoms with Gasteiger partial charge in [0.15, 0.2) is 0 Å². The van der Waals surface area contributed by atoms with Crippen LogP contribution in [-0.2, 0) is 11.0 Å². The number of hydrogen-bond acceptors (Lipinski definition) is 3. The van der Waals surface area contributed by atoms with E-state index in [1.165, 1.54) is 0 Å². The monoisotopic (exact) mass is 455 g/mol. The number of halogens is 3. The highest BCUT2D eigenvalue weighted by Crippen LogP contribution is 2.34. The van der Waals surface area contributed by atoms with Crippen LogP contribution < -0.4 is 10.6 Å². The first-order valence-electron chi connectivity index (χ1n) is 11.4. The fourth-order valence-electron chi connectivity index (χ4n) is 4.60. The molecule has 4 nitrogen and oxygen atoms in total. The molecule has 1 saturated carbocycles. The molecule has 3 aromatic rings. The second kappa shape index (κ2) is 9.81. The van der Waals surface area contributed by atoms with Gasteiger partial charge in [0.1, 0.15) is 5.69 Å². The zero-order valence-corrected chi connectivity index (χ0v) is 18.5. The fourth-order valence-corrected chi connectivity index (χ4v) is 4.60. The van der Waals surface area contributed by atoms with E-state index in [1.54, 1.807) is 24.3 Å². The number of carbonyl (C=O) groups excluding carboxylic acids is 1. The van der Waals surface area contributed by atoms with Crippen molar-refractivity contribution in [2.45, 2.75) is 63.2 Å². The lowest BCUT2D eigenvalue weighted by Gasteiger charge is -2.31. The summed E-state index contributed by atoms with van der Waals surface area (Å²) in [7, 11) is 0. The van der Waals surface area contributed by atoms with Crippen LogP contribution in [0.1, 0.15) is 56.2 Å². The van der Waals surface area contributed by atoms with Crippen molar-refractivity contribution in [3.05, 3.63) is 71.9 Å². The van der Waals surface area contributed by atoms with E-state index in [-0.39, 0.29) is 23.9 Å². The zero-order chi connectivity index (χ0) is 23.4. The molecule has 33 heavy (non-hydrogen) atoms. The van der Waals surface area contributed by atoms with Gasteiger partial charge in [0.2, 0.25) is 5.91 Å². The lowest BCUT2D eigenvalue weighted by molar-refractivity contribution is -0.140. The van der Waals surface area contributed by atoms with Gasteiger partial charge in [-0.1, -0.05) is 55.5 Å². The van der Waals surface area contributed by atoms with Crippen molar-refractivity contribution in [1.82, 2.24) is 10.3 Å². The van der Waals surface area contributed by atoms with Gasteiger partial charge in [-0.25, -0.2) is 4.98 Å². The van der Waals surface area contributed by atoms with E-state index in [2.05, 4.69) is 15.6 Å². The largest absolute Gasteiger partial charge is 0.433 e. The van der Waals surface area contributed by atoms with Crippen LogP contribution in [0.4, 0.5) is 18.9 Å². The number of fused-ring (bicyclic) bond motifs is 1. The molecule has 4 rings (SSSR count). The number of nitrogens with one attached hydrogen (secondary N) is 2.